The second-order valence-electron chi connectivity index (χ2n) is 4.85. The highest BCUT2D eigenvalue weighted by Crippen LogP contribution is 2.34. The van der Waals surface area contributed by atoms with Crippen molar-refractivity contribution >= 4 is 31.6 Å². The summed E-state index contributed by atoms with van der Waals surface area (Å²) in [6.45, 7) is 3.75. The van der Waals surface area contributed by atoms with Crippen LogP contribution in [0.1, 0.15) is 46.0 Å². The van der Waals surface area contributed by atoms with Gasteiger partial charge in [-0.2, -0.15) is 16.8 Å². The number of hydrogen-bond acceptors (Lipinski definition) is 7. The minimum atomic E-state index is -3.74. The van der Waals surface area contributed by atoms with E-state index in [4.69, 9.17) is 8.37 Å². The van der Waals surface area contributed by atoms with Crippen LogP contribution in [-0.4, -0.2) is 28.3 Å². The van der Waals surface area contributed by atoms with E-state index in [-0.39, 0.29) is 23.0 Å². The van der Waals surface area contributed by atoms with Crippen LogP contribution < -0.4 is 8.37 Å². The molecule has 1 aromatic heterocycles. The molecule has 0 spiro atoms. The summed E-state index contributed by atoms with van der Waals surface area (Å²) in [4.78, 5) is 0. The predicted molar refractivity (Wildman–Crippen MR) is 87.6 cm³/mol. The highest BCUT2D eigenvalue weighted by atomic mass is 32.2. The molecule has 6 nitrogen and oxygen atoms in total. The van der Waals surface area contributed by atoms with E-state index < -0.39 is 20.2 Å². The van der Waals surface area contributed by atoms with Crippen molar-refractivity contribution in [1.29, 1.82) is 0 Å². The van der Waals surface area contributed by atoms with E-state index >= 15 is 0 Å². The summed E-state index contributed by atoms with van der Waals surface area (Å²) in [5.41, 5.74) is 0. The van der Waals surface area contributed by atoms with Crippen molar-refractivity contribution in [3.63, 3.8) is 0 Å². The van der Waals surface area contributed by atoms with Crippen molar-refractivity contribution in [2.75, 3.05) is 11.5 Å². The second-order valence-corrected chi connectivity index (χ2v) is 8.98. The van der Waals surface area contributed by atoms with Gasteiger partial charge in [0.1, 0.15) is 0 Å². The van der Waals surface area contributed by atoms with Crippen LogP contribution in [0.2, 0.25) is 0 Å². The Kier molecular flexibility index (Phi) is 7.64. The maximum atomic E-state index is 11.9. The normalized spacial score (nSPS) is 12.3. The topological polar surface area (TPSA) is 86.7 Å². The highest BCUT2D eigenvalue weighted by molar-refractivity contribution is 7.87. The van der Waals surface area contributed by atoms with E-state index in [1.54, 1.807) is 6.92 Å². The quantitative estimate of drug-likeness (QED) is 0.439. The Morgan fingerprint density at radius 2 is 1.36 bits per heavy atom. The maximum absolute atomic E-state index is 11.9. The van der Waals surface area contributed by atoms with Gasteiger partial charge < -0.3 is 8.37 Å². The lowest BCUT2D eigenvalue weighted by Gasteiger charge is -2.09. The molecule has 0 aromatic carbocycles. The highest BCUT2D eigenvalue weighted by Gasteiger charge is 2.20. The van der Waals surface area contributed by atoms with Crippen molar-refractivity contribution in [2.24, 2.45) is 0 Å². The predicted octanol–water partition coefficient (Wildman–Crippen LogP) is 3.16. The summed E-state index contributed by atoms with van der Waals surface area (Å²) in [6.07, 6.45) is 3.73. The Balaban J connectivity index is 2.69. The van der Waals surface area contributed by atoms with Crippen LogP contribution in [0.4, 0.5) is 0 Å². The van der Waals surface area contributed by atoms with Gasteiger partial charge >= 0.3 is 20.2 Å². The second kappa shape index (κ2) is 8.73. The molecule has 1 aromatic rings. The fraction of sp³-hybridized carbons (Fsp3) is 0.692. The molecule has 0 saturated carbocycles. The van der Waals surface area contributed by atoms with Crippen LogP contribution >= 0.6 is 11.3 Å². The van der Waals surface area contributed by atoms with Crippen molar-refractivity contribution in [3.8, 4) is 11.5 Å². The van der Waals surface area contributed by atoms with Gasteiger partial charge in [-0.1, -0.05) is 33.1 Å². The molecule has 0 N–H and O–H groups in total. The summed E-state index contributed by atoms with van der Waals surface area (Å²) < 4.78 is 56.9. The first-order chi connectivity index (χ1) is 10.3. The van der Waals surface area contributed by atoms with E-state index in [9.17, 15) is 16.8 Å². The standard InChI is InChI=1S/C13H22O6S3/c1-3-5-6-7-9-22(16,17)19-13-11-20-10-12(13)18-21(14,15)8-4-2/h10-11H,3-9H2,1-2H3. The first kappa shape index (κ1) is 19.2. The molecule has 0 aliphatic heterocycles. The van der Waals surface area contributed by atoms with Gasteiger partial charge in [-0.05, 0) is 12.8 Å². The smallest absolute Gasteiger partial charge is 0.309 e. The fourth-order valence-corrected chi connectivity index (χ4v) is 4.51. The van der Waals surface area contributed by atoms with Crippen LogP contribution in [0.3, 0.4) is 0 Å². The molecule has 0 atom stereocenters. The molecule has 22 heavy (non-hydrogen) atoms. The Morgan fingerprint density at radius 3 is 1.86 bits per heavy atom. The largest absolute Gasteiger partial charge is 0.377 e. The van der Waals surface area contributed by atoms with Crippen molar-refractivity contribution < 1.29 is 25.2 Å². The lowest BCUT2D eigenvalue weighted by atomic mass is 10.2. The SMILES string of the molecule is CCCCCCS(=O)(=O)Oc1cscc1OS(=O)(=O)CCC. The summed E-state index contributed by atoms with van der Waals surface area (Å²) >= 11 is 1.12. The molecule has 0 unspecified atom stereocenters. The van der Waals surface area contributed by atoms with Crippen LogP contribution in [-0.2, 0) is 20.2 Å². The average Bonchev–Trinajstić information content (AvgIpc) is 2.80. The molecule has 0 fully saturated rings. The molecule has 0 radical (unpaired) electrons. The third-order valence-electron chi connectivity index (χ3n) is 2.73. The van der Waals surface area contributed by atoms with E-state index in [1.807, 2.05) is 6.92 Å². The summed E-state index contributed by atoms with van der Waals surface area (Å²) in [5.74, 6) is -0.369. The van der Waals surface area contributed by atoms with E-state index in [2.05, 4.69) is 0 Å². The average molecular weight is 371 g/mol. The van der Waals surface area contributed by atoms with Gasteiger partial charge in [-0.25, -0.2) is 0 Å². The molecule has 0 saturated heterocycles. The summed E-state index contributed by atoms with van der Waals surface area (Å²) in [7, 11) is -7.47. The molecule has 9 heteroatoms. The molecule has 1 heterocycles. The molecule has 128 valence electrons. The third-order valence-corrected chi connectivity index (χ3v) is 5.99. The fourth-order valence-electron chi connectivity index (χ4n) is 1.71. The lowest BCUT2D eigenvalue weighted by Crippen LogP contribution is -2.16. The molecular weight excluding hydrogens is 348 g/mol. The van der Waals surface area contributed by atoms with Crippen molar-refractivity contribution in [3.05, 3.63) is 10.8 Å². The molecule has 0 amide bonds. The third kappa shape index (κ3) is 6.97. The number of unbranched alkanes of at least 4 members (excludes halogenated alkanes) is 3. The Morgan fingerprint density at radius 1 is 0.818 bits per heavy atom. The van der Waals surface area contributed by atoms with Crippen LogP contribution in [0.15, 0.2) is 10.8 Å². The number of thiophene rings is 1. The molecular formula is C13H22O6S3. The summed E-state index contributed by atoms with van der Waals surface area (Å²) in [5, 5.41) is 2.83. The Hall–Kier alpha value is -0.800. The zero-order valence-electron chi connectivity index (χ0n) is 12.8. The van der Waals surface area contributed by atoms with Gasteiger partial charge in [0.05, 0.1) is 11.5 Å². The lowest BCUT2D eigenvalue weighted by molar-refractivity contribution is 0.450. The van der Waals surface area contributed by atoms with Gasteiger partial charge in [0.25, 0.3) is 0 Å². The number of hydrogen-bond donors (Lipinski definition) is 0. The van der Waals surface area contributed by atoms with Crippen LogP contribution in [0.5, 0.6) is 11.5 Å². The Labute approximate surface area is 136 Å². The van der Waals surface area contributed by atoms with Crippen molar-refractivity contribution in [1.82, 2.24) is 0 Å². The molecule has 1 rings (SSSR count). The zero-order valence-corrected chi connectivity index (χ0v) is 15.2. The van der Waals surface area contributed by atoms with Crippen molar-refractivity contribution in [2.45, 2.75) is 46.0 Å². The van der Waals surface area contributed by atoms with E-state index in [0.717, 1.165) is 30.6 Å². The van der Waals surface area contributed by atoms with Gasteiger partial charge in [0.2, 0.25) is 0 Å². The van der Waals surface area contributed by atoms with Gasteiger partial charge in [0, 0.05) is 10.8 Å². The molecule has 0 bridgehead atoms. The van der Waals surface area contributed by atoms with Crippen LogP contribution in [0.25, 0.3) is 0 Å². The molecule has 0 aliphatic rings. The van der Waals surface area contributed by atoms with E-state index in [0.29, 0.717) is 12.8 Å². The maximum Gasteiger partial charge on any atom is 0.309 e. The van der Waals surface area contributed by atoms with Gasteiger partial charge in [-0.15, -0.1) is 11.3 Å². The van der Waals surface area contributed by atoms with E-state index in [1.165, 1.54) is 10.8 Å². The molecule has 0 aliphatic carbocycles. The monoisotopic (exact) mass is 370 g/mol. The first-order valence-electron chi connectivity index (χ1n) is 7.20. The number of rotatable bonds is 11. The minimum Gasteiger partial charge on any atom is -0.377 e. The van der Waals surface area contributed by atoms with Gasteiger partial charge in [-0.3, -0.25) is 0 Å². The van der Waals surface area contributed by atoms with Gasteiger partial charge in [0.15, 0.2) is 11.5 Å². The summed E-state index contributed by atoms with van der Waals surface area (Å²) in [6, 6.07) is 0. The Bertz CT molecular complexity index is 645. The minimum absolute atomic E-state index is 0.0693. The first-order valence-corrected chi connectivity index (χ1v) is 11.3. The van der Waals surface area contributed by atoms with Crippen LogP contribution in [0, 0.1) is 0 Å². The zero-order chi connectivity index (χ0) is 16.6.